The number of rotatable bonds is 2. The summed E-state index contributed by atoms with van der Waals surface area (Å²) in [6.45, 7) is 2.92. The van der Waals surface area contributed by atoms with E-state index in [-0.39, 0.29) is 11.7 Å². The second-order valence-electron chi connectivity index (χ2n) is 4.54. The zero-order chi connectivity index (χ0) is 13.9. The number of carbonyl (C=O) groups is 1. The molecule has 0 aliphatic carbocycles. The van der Waals surface area contributed by atoms with E-state index in [2.05, 4.69) is 15.5 Å². The standard InChI is InChI=1S/C13H14FN5O/c14-10-1-3-11(4-2-10)19-16-9-12(17-19)13(20)18-7-5-15-6-8-18/h1-4,9,15H,5-8H2. The number of halogens is 1. The molecule has 0 bridgehead atoms. The van der Waals surface area contributed by atoms with E-state index in [0.717, 1.165) is 13.1 Å². The van der Waals surface area contributed by atoms with Crippen LogP contribution < -0.4 is 5.32 Å². The maximum absolute atomic E-state index is 12.9. The number of benzene rings is 1. The molecule has 3 rings (SSSR count). The van der Waals surface area contributed by atoms with Crippen molar-refractivity contribution < 1.29 is 9.18 Å². The molecule has 1 saturated heterocycles. The van der Waals surface area contributed by atoms with Gasteiger partial charge in [0.05, 0.1) is 11.9 Å². The van der Waals surface area contributed by atoms with Crippen molar-refractivity contribution in [1.82, 2.24) is 25.2 Å². The molecule has 1 fully saturated rings. The van der Waals surface area contributed by atoms with Crippen molar-refractivity contribution in [2.24, 2.45) is 0 Å². The van der Waals surface area contributed by atoms with Crippen molar-refractivity contribution >= 4 is 5.91 Å². The van der Waals surface area contributed by atoms with Gasteiger partial charge in [0.1, 0.15) is 5.82 Å². The highest BCUT2D eigenvalue weighted by Crippen LogP contribution is 2.08. The number of hydrogen-bond acceptors (Lipinski definition) is 4. The number of aromatic nitrogens is 3. The monoisotopic (exact) mass is 275 g/mol. The summed E-state index contributed by atoms with van der Waals surface area (Å²) in [6.07, 6.45) is 1.44. The Labute approximate surface area is 115 Å². The zero-order valence-corrected chi connectivity index (χ0v) is 10.8. The second kappa shape index (κ2) is 5.38. The van der Waals surface area contributed by atoms with Gasteiger partial charge in [0.15, 0.2) is 5.69 Å². The molecule has 20 heavy (non-hydrogen) atoms. The summed E-state index contributed by atoms with van der Waals surface area (Å²) >= 11 is 0. The third-order valence-electron chi connectivity index (χ3n) is 3.17. The van der Waals surface area contributed by atoms with Gasteiger partial charge in [-0.05, 0) is 24.3 Å². The third kappa shape index (κ3) is 2.53. The molecule has 0 atom stereocenters. The Morgan fingerprint density at radius 3 is 2.60 bits per heavy atom. The lowest BCUT2D eigenvalue weighted by molar-refractivity contribution is 0.0729. The molecule has 6 nitrogen and oxygen atoms in total. The number of piperazine rings is 1. The van der Waals surface area contributed by atoms with E-state index < -0.39 is 0 Å². The van der Waals surface area contributed by atoms with E-state index in [4.69, 9.17) is 0 Å². The van der Waals surface area contributed by atoms with Crippen LogP contribution in [0.15, 0.2) is 30.5 Å². The molecular weight excluding hydrogens is 261 g/mol. The van der Waals surface area contributed by atoms with E-state index in [0.29, 0.717) is 24.5 Å². The first-order valence-corrected chi connectivity index (χ1v) is 6.42. The maximum Gasteiger partial charge on any atom is 0.276 e. The Balaban J connectivity index is 1.79. The molecule has 0 saturated carbocycles. The molecule has 1 aliphatic rings. The largest absolute Gasteiger partial charge is 0.335 e. The molecule has 0 spiro atoms. The summed E-state index contributed by atoms with van der Waals surface area (Å²) in [5.74, 6) is -0.446. The summed E-state index contributed by atoms with van der Waals surface area (Å²) in [4.78, 5) is 15.3. The summed E-state index contributed by atoms with van der Waals surface area (Å²) in [6, 6.07) is 5.79. The summed E-state index contributed by atoms with van der Waals surface area (Å²) < 4.78 is 12.9. The zero-order valence-electron chi connectivity index (χ0n) is 10.8. The Hall–Kier alpha value is -2.28. The lowest BCUT2D eigenvalue weighted by Gasteiger charge is -2.26. The van der Waals surface area contributed by atoms with Crippen molar-refractivity contribution in [2.75, 3.05) is 26.2 Å². The van der Waals surface area contributed by atoms with Gasteiger partial charge in [0, 0.05) is 26.2 Å². The van der Waals surface area contributed by atoms with Crippen molar-refractivity contribution in [2.45, 2.75) is 0 Å². The molecule has 1 N–H and O–H groups in total. The first kappa shape index (κ1) is 12.7. The van der Waals surface area contributed by atoms with Crippen LogP contribution >= 0.6 is 0 Å². The van der Waals surface area contributed by atoms with Crippen LogP contribution in [0.3, 0.4) is 0 Å². The minimum atomic E-state index is -0.321. The molecule has 2 aromatic rings. The van der Waals surface area contributed by atoms with E-state index in [1.54, 1.807) is 17.0 Å². The van der Waals surface area contributed by atoms with Crippen LogP contribution in [0.4, 0.5) is 4.39 Å². The van der Waals surface area contributed by atoms with E-state index >= 15 is 0 Å². The molecule has 2 heterocycles. The highest BCUT2D eigenvalue weighted by molar-refractivity contribution is 5.92. The first-order valence-electron chi connectivity index (χ1n) is 6.42. The quantitative estimate of drug-likeness (QED) is 0.864. The topological polar surface area (TPSA) is 63.1 Å². The fraction of sp³-hybridized carbons (Fsp3) is 0.308. The number of amides is 1. The van der Waals surface area contributed by atoms with Gasteiger partial charge in [-0.15, -0.1) is 5.10 Å². The second-order valence-corrected chi connectivity index (χ2v) is 4.54. The fourth-order valence-electron chi connectivity index (χ4n) is 2.09. The van der Waals surface area contributed by atoms with Crippen LogP contribution in [0.25, 0.3) is 5.69 Å². The van der Waals surface area contributed by atoms with Gasteiger partial charge in [-0.1, -0.05) is 0 Å². The summed E-state index contributed by atoms with van der Waals surface area (Å²) in [7, 11) is 0. The van der Waals surface area contributed by atoms with Gasteiger partial charge in [-0.25, -0.2) is 4.39 Å². The van der Waals surface area contributed by atoms with Gasteiger partial charge in [0.2, 0.25) is 0 Å². The van der Waals surface area contributed by atoms with Crippen molar-refractivity contribution in [3.05, 3.63) is 42.0 Å². The normalized spacial score (nSPS) is 15.3. The number of nitrogens with zero attached hydrogens (tertiary/aromatic N) is 4. The molecule has 7 heteroatoms. The highest BCUT2D eigenvalue weighted by Gasteiger charge is 2.20. The molecular formula is C13H14FN5O. The Morgan fingerprint density at radius 2 is 1.90 bits per heavy atom. The van der Waals surface area contributed by atoms with Crippen molar-refractivity contribution in [3.8, 4) is 5.69 Å². The van der Waals surface area contributed by atoms with E-state index in [9.17, 15) is 9.18 Å². The number of carbonyl (C=O) groups excluding carboxylic acids is 1. The van der Waals surface area contributed by atoms with Crippen LogP contribution in [0.5, 0.6) is 0 Å². The average Bonchev–Trinajstić information content (AvgIpc) is 2.98. The van der Waals surface area contributed by atoms with Crippen LogP contribution in [-0.2, 0) is 0 Å². The Bertz CT molecular complexity index is 603. The van der Waals surface area contributed by atoms with Gasteiger partial charge in [-0.2, -0.15) is 9.90 Å². The van der Waals surface area contributed by atoms with Crippen molar-refractivity contribution in [3.63, 3.8) is 0 Å². The van der Waals surface area contributed by atoms with Gasteiger partial charge >= 0.3 is 0 Å². The minimum absolute atomic E-state index is 0.125. The van der Waals surface area contributed by atoms with Crippen LogP contribution in [0.2, 0.25) is 0 Å². The first-order chi connectivity index (χ1) is 9.74. The van der Waals surface area contributed by atoms with Crippen molar-refractivity contribution in [1.29, 1.82) is 0 Å². The Morgan fingerprint density at radius 1 is 1.20 bits per heavy atom. The molecule has 0 radical (unpaired) electrons. The number of nitrogens with one attached hydrogen (secondary N) is 1. The predicted molar refractivity (Wildman–Crippen MR) is 70.1 cm³/mol. The Kier molecular flexibility index (Phi) is 3.42. The molecule has 104 valence electrons. The summed E-state index contributed by atoms with van der Waals surface area (Å²) in [5, 5.41) is 11.4. The lowest BCUT2D eigenvalue weighted by atomic mass is 10.3. The highest BCUT2D eigenvalue weighted by atomic mass is 19.1. The molecule has 1 aromatic heterocycles. The summed E-state index contributed by atoms with van der Waals surface area (Å²) in [5.41, 5.74) is 0.919. The van der Waals surface area contributed by atoms with E-state index in [1.165, 1.54) is 23.1 Å². The average molecular weight is 275 g/mol. The minimum Gasteiger partial charge on any atom is -0.335 e. The predicted octanol–water partition coefficient (Wildman–Crippen LogP) is 0.452. The van der Waals surface area contributed by atoms with E-state index in [1.807, 2.05) is 0 Å². The van der Waals surface area contributed by atoms with Crippen LogP contribution in [-0.4, -0.2) is 52.0 Å². The molecule has 1 aromatic carbocycles. The maximum atomic E-state index is 12.9. The van der Waals surface area contributed by atoms with Crippen LogP contribution in [0.1, 0.15) is 10.5 Å². The van der Waals surface area contributed by atoms with Crippen LogP contribution in [0, 0.1) is 5.82 Å². The molecule has 0 unspecified atom stereocenters. The fourth-order valence-corrected chi connectivity index (χ4v) is 2.09. The smallest absolute Gasteiger partial charge is 0.276 e. The third-order valence-corrected chi connectivity index (χ3v) is 3.17. The van der Waals surface area contributed by atoms with Gasteiger partial charge < -0.3 is 10.2 Å². The number of hydrogen-bond donors (Lipinski definition) is 1. The SMILES string of the molecule is O=C(c1cnn(-c2ccc(F)cc2)n1)N1CCNCC1. The molecule has 1 amide bonds. The lowest BCUT2D eigenvalue weighted by Crippen LogP contribution is -2.46. The molecule has 1 aliphatic heterocycles. The van der Waals surface area contributed by atoms with Gasteiger partial charge in [-0.3, -0.25) is 4.79 Å². The van der Waals surface area contributed by atoms with Gasteiger partial charge in [0.25, 0.3) is 5.91 Å².